The molecule has 15 heteroatoms. The van der Waals surface area contributed by atoms with Gasteiger partial charge in [0.25, 0.3) is 0 Å². The molecule has 0 aliphatic heterocycles. The Kier molecular flexibility index (Phi) is 19.7. The molecule has 0 aliphatic carbocycles. The number of hydrogen-bond donors (Lipinski definition) is 2. The minimum atomic E-state index is -2.23. The summed E-state index contributed by atoms with van der Waals surface area (Å²) in [6, 6.07) is 8.21. The van der Waals surface area contributed by atoms with Crippen LogP contribution in [0, 0.1) is 4.91 Å². The topological polar surface area (TPSA) is 146 Å². The fourth-order valence-electron chi connectivity index (χ4n) is 4.49. The summed E-state index contributed by atoms with van der Waals surface area (Å²) in [5, 5.41) is 8.47. The highest BCUT2D eigenvalue weighted by Gasteiger charge is 2.30. The molecule has 1 aromatic carbocycles. The van der Waals surface area contributed by atoms with Crippen LogP contribution in [0.4, 0.5) is 21.0 Å². The number of nitrogens with zero attached hydrogens (tertiary/aromatic N) is 2. The Morgan fingerprint density at radius 3 is 1.47 bits per heavy atom. The molecule has 0 saturated heterocycles. The lowest BCUT2D eigenvalue weighted by Gasteiger charge is -2.26. The fraction of sp³-hybridized carbons (Fsp3) is 0.714. The van der Waals surface area contributed by atoms with Crippen LogP contribution < -0.4 is 15.5 Å². The maximum Gasteiger partial charge on any atom is 0.407 e. The van der Waals surface area contributed by atoms with Gasteiger partial charge in [-0.1, -0.05) is 0 Å². The zero-order chi connectivity index (χ0) is 32.0. The average Bonchev–Trinajstić information content (AvgIpc) is 2.97. The number of carbonyl (C=O) groups excluding carboxylic acids is 2. The SMILES string of the molecule is CCO[Si](C)(CCCNC(=O)OCCN(CCOC(=O)NCCC[Si](C)(OCC)OCC)c1ccc(N=O)cc1)OCC. The lowest BCUT2D eigenvalue weighted by Crippen LogP contribution is -2.40. The Bertz CT molecular complexity index is 868. The Morgan fingerprint density at radius 1 is 0.721 bits per heavy atom. The zero-order valence-corrected chi connectivity index (χ0v) is 28.8. The molecule has 0 radical (unpaired) electrons. The van der Waals surface area contributed by atoms with E-state index in [1.54, 1.807) is 24.3 Å². The van der Waals surface area contributed by atoms with Gasteiger partial charge in [-0.05, 0) is 95.2 Å². The molecule has 0 bridgehead atoms. The van der Waals surface area contributed by atoms with Crippen molar-refractivity contribution in [2.45, 2.75) is 65.7 Å². The van der Waals surface area contributed by atoms with Crippen LogP contribution >= 0.6 is 0 Å². The summed E-state index contributed by atoms with van der Waals surface area (Å²) in [6.07, 6.45) is 0.418. The van der Waals surface area contributed by atoms with Crippen LogP contribution in [0.2, 0.25) is 25.2 Å². The molecular weight excluding hydrogens is 592 g/mol. The van der Waals surface area contributed by atoms with Gasteiger partial charge in [-0.3, -0.25) is 0 Å². The molecule has 1 aromatic rings. The van der Waals surface area contributed by atoms with Crippen molar-refractivity contribution in [2.24, 2.45) is 5.18 Å². The number of alkyl carbamates (subject to hydrolysis) is 2. The number of nitrogens with one attached hydrogen (secondary N) is 2. The van der Waals surface area contributed by atoms with Gasteiger partial charge in [-0.2, -0.15) is 0 Å². The van der Waals surface area contributed by atoms with Gasteiger partial charge in [0, 0.05) is 45.2 Å². The number of rotatable bonds is 24. The largest absolute Gasteiger partial charge is 0.448 e. The predicted octanol–water partition coefficient (Wildman–Crippen LogP) is 5.41. The molecule has 1 rings (SSSR count). The van der Waals surface area contributed by atoms with Gasteiger partial charge in [0.05, 0.1) is 13.1 Å². The number of amides is 2. The summed E-state index contributed by atoms with van der Waals surface area (Å²) in [7, 11) is -4.45. The molecular formula is C28H52N4O9Si2. The van der Waals surface area contributed by atoms with Crippen molar-refractivity contribution in [2.75, 3.05) is 70.7 Å². The summed E-state index contributed by atoms with van der Waals surface area (Å²) < 4.78 is 34.0. The van der Waals surface area contributed by atoms with Gasteiger partial charge in [0.1, 0.15) is 18.9 Å². The Balaban J connectivity index is 2.50. The van der Waals surface area contributed by atoms with Crippen LogP contribution in [-0.4, -0.2) is 95.1 Å². The van der Waals surface area contributed by atoms with Gasteiger partial charge in [-0.15, -0.1) is 4.91 Å². The maximum atomic E-state index is 12.2. The third kappa shape index (κ3) is 16.8. The van der Waals surface area contributed by atoms with Crippen molar-refractivity contribution in [3.05, 3.63) is 29.2 Å². The minimum absolute atomic E-state index is 0.110. The van der Waals surface area contributed by atoms with E-state index in [9.17, 15) is 14.5 Å². The number of benzene rings is 1. The van der Waals surface area contributed by atoms with Crippen molar-refractivity contribution >= 4 is 40.7 Å². The van der Waals surface area contributed by atoms with E-state index in [2.05, 4.69) is 15.8 Å². The Labute approximate surface area is 258 Å². The van der Waals surface area contributed by atoms with E-state index in [1.807, 2.05) is 45.7 Å². The number of ether oxygens (including phenoxy) is 2. The van der Waals surface area contributed by atoms with Crippen molar-refractivity contribution < 1.29 is 36.8 Å². The van der Waals surface area contributed by atoms with Crippen molar-refractivity contribution in [3.63, 3.8) is 0 Å². The first-order chi connectivity index (χ1) is 20.6. The van der Waals surface area contributed by atoms with E-state index >= 15 is 0 Å². The first kappa shape index (κ1) is 38.5. The van der Waals surface area contributed by atoms with Crippen LogP contribution in [0.25, 0.3) is 0 Å². The quantitative estimate of drug-likeness (QED) is 0.0850. The van der Waals surface area contributed by atoms with Gasteiger partial charge in [0.15, 0.2) is 0 Å². The highest BCUT2D eigenvalue weighted by molar-refractivity contribution is 6.66. The van der Waals surface area contributed by atoms with Crippen LogP contribution in [-0.2, 0) is 27.2 Å². The molecule has 246 valence electrons. The van der Waals surface area contributed by atoms with Crippen LogP contribution in [0.15, 0.2) is 29.4 Å². The summed E-state index contributed by atoms with van der Waals surface area (Å²) in [5.74, 6) is 0. The minimum Gasteiger partial charge on any atom is -0.448 e. The lowest BCUT2D eigenvalue weighted by atomic mass is 10.2. The Hall–Kier alpha value is -2.57. The number of anilines is 1. The van der Waals surface area contributed by atoms with Gasteiger partial charge in [0.2, 0.25) is 0 Å². The van der Waals surface area contributed by atoms with Crippen molar-refractivity contribution in [3.8, 4) is 0 Å². The molecule has 2 amide bonds. The second-order valence-corrected chi connectivity index (χ2v) is 16.6. The molecule has 0 saturated carbocycles. The first-order valence-electron chi connectivity index (χ1n) is 15.2. The second-order valence-electron chi connectivity index (χ2n) is 9.93. The third-order valence-electron chi connectivity index (χ3n) is 6.46. The van der Waals surface area contributed by atoms with E-state index in [1.165, 1.54) is 0 Å². The number of nitroso groups, excluding NO2 is 1. The van der Waals surface area contributed by atoms with Gasteiger partial charge < -0.3 is 42.7 Å². The van der Waals surface area contributed by atoms with E-state index in [0.29, 0.717) is 58.3 Å². The highest BCUT2D eigenvalue weighted by Crippen LogP contribution is 2.20. The maximum absolute atomic E-state index is 12.2. The summed E-state index contributed by atoms with van der Waals surface area (Å²) in [5.41, 5.74) is 1.07. The molecule has 43 heavy (non-hydrogen) atoms. The monoisotopic (exact) mass is 644 g/mol. The zero-order valence-electron chi connectivity index (χ0n) is 26.8. The number of hydrogen-bond acceptors (Lipinski definition) is 11. The number of carbonyl (C=O) groups is 2. The molecule has 2 N–H and O–H groups in total. The van der Waals surface area contributed by atoms with Crippen LogP contribution in [0.1, 0.15) is 40.5 Å². The predicted molar refractivity (Wildman–Crippen MR) is 171 cm³/mol. The third-order valence-corrected chi connectivity index (χ3v) is 12.6. The molecule has 0 heterocycles. The standard InChI is InChI=1S/C28H52N4O9Si2/c1-7-38-42(5,39-8-2)23-11-17-29-27(33)36-21-19-32(26-15-13-25(31-35)14-16-26)20-22-37-28(34)30-18-12-24-43(6,40-9-3)41-10-4/h13-16H,7-12,17-24H2,1-6H3,(H,29,33)(H,30,34). The molecule has 0 aliphatic rings. The lowest BCUT2D eigenvalue weighted by molar-refractivity contribution is 0.143. The van der Waals surface area contributed by atoms with E-state index in [-0.39, 0.29) is 13.2 Å². The summed E-state index contributed by atoms with van der Waals surface area (Å²) in [6.45, 7) is 16.1. The van der Waals surface area contributed by atoms with E-state index in [4.69, 9.17) is 27.2 Å². The summed E-state index contributed by atoms with van der Waals surface area (Å²) >= 11 is 0. The average molecular weight is 645 g/mol. The molecule has 0 unspecified atom stereocenters. The second kappa shape index (κ2) is 22.0. The molecule has 0 aromatic heterocycles. The smallest absolute Gasteiger partial charge is 0.407 e. The van der Waals surface area contributed by atoms with Gasteiger partial charge >= 0.3 is 29.3 Å². The van der Waals surface area contributed by atoms with Crippen molar-refractivity contribution in [1.82, 2.24) is 10.6 Å². The van der Waals surface area contributed by atoms with E-state index < -0.39 is 29.3 Å². The molecule has 0 atom stereocenters. The van der Waals surface area contributed by atoms with Gasteiger partial charge in [-0.25, -0.2) is 9.59 Å². The Morgan fingerprint density at radius 2 is 1.12 bits per heavy atom. The molecule has 13 nitrogen and oxygen atoms in total. The van der Waals surface area contributed by atoms with Crippen molar-refractivity contribution in [1.29, 1.82) is 0 Å². The van der Waals surface area contributed by atoms with Crippen LogP contribution in [0.3, 0.4) is 0 Å². The molecule has 0 spiro atoms. The summed E-state index contributed by atoms with van der Waals surface area (Å²) in [4.78, 5) is 37.2. The normalized spacial score (nSPS) is 11.6. The first-order valence-corrected chi connectivity index (χ1v) is 20.2. The highest BCUT2D eigenvalue weighted by atomic mass is 28.4. The fourth-order valence-corrected chi connectivity index (χ4v) is 9.31. The molecule has 0 fully saturated rings. The van der Waals surface area contributed by atoms with E-state index in [0.717, 1.165) is 30.6 Å². The van der Waals surface area contributed by atoms with Crippen LogP contribution in [0.5, 0.6) is 0 Å².